The Kier molecular flexibility index (Phi) is 16.6. The number of nitrogens with two attached hydrogens (primary N) is 1. The molecule has 10 nitrogen and oxygen atoms in total. The fraction of sp³-hybridized carbons (Fsp3) is 0.449. The summed E-state index contributed by atoms with van der Waals surface area (Å²) in [6.45, 7) is 9.45. The molecule has 2 fully saturated rings. The van der Waals surface area contributed by atoms with Crippen LogP contribution in [0.3, 0.4) is 0 Å². The van der Waals surface area contributed by atoms with E-state index in [0.717, 1.165) is 104 Å². The average Bonchev–Trinajstić information content (AvgIpc) is 3.61. The highest BCUT2D eigenvalue weighted by molar-refractivity contribution is 6.31. The number of hydrogen-bond acceptors (Lipinski definition) is 10. The number of likely N-dealkylation sites (tertiary alicyclic amines) is 1. The van der Waals surface area contributed by atoms with Crippen molar-refractivity contribution in [3.05, 3.63) is 127 Å². The van der Waals surface area contributed by atoms with E-state index < -0.39 is 0 Å². The van der Waals surface area contributed by atoms with Gasteiger partial charge in [-0.1, -0.05) is 70.7 Å². The van der Waals surface area contributed by atoms with E-state index >= 15 is 0 Å². The minimum absolute atomic E-state index is 0.390. The predicted molar refractivity (Wildman–Crippen MR) is 264 cm³/mol. The molecule has 334 valence electrons. The smallest absolute Gasteiger partial charge is 0.135 e. The van der Waals surface area contributed by atoms with Crippen molar-refractivity contribution in [1.82, 2.24) is 20.0 Å². The molecular formula is C49H60Cl4N10. The van der Waals surface area contributed by atoms with Crippen LogP contribution in [0, 0.1) is 11.3 Å². The van der Waals surface area contributed by atoms with Crippen LogP contribution in [0.4, 0.5) is 11.4 Å². The van der Waals surface area contributed by atoms with E-state index in [1.54, 1.807) is 6.07 Å². The van der Waals surface area contributed by atoms with Crippen molar-refractivity contribution in [3.63, 3.8) is 0 Å². The van der Waals surface area contributed by atoms with Crippen molar-refractivity contribution in [2.75, 3.05) is 63.2 Å². The molecule has 5 aliphatic rings. The maximum absolute atomic E-state index is 7.32. The Hall–Kier alpha value is -4.05. The maximum atomic E-state index is 7.32. The normalized spacial score (nSPS) is 21.0. The summed E-state index contributed by atoms with van der Waals surface area (Å²) >= 11 is 25.0. The van der Waals surface area contributed by atoms with Crippen LogP contribution in [-0.4, -0.2) is 104 Å². The summed E-state index contributed by atoms with van der Waals surface area (Å²) in [7, 11) is 4.39. The van der Waals surface area contributed by atoms with Gasteiger partial charge in [0.15, 0.2) is 0 Å². The zero-order valence-corrected chi connectivity index (χ0v) is 39.7. The lowest BCUT2D eigenvalue weighted by atomic mass is 9.97. The average molecular weight is 931 g/mol. The van der Waals surface area contributed by atoms with Gasteiger partial charge in [0, 0.05) is 116 Å². The summed E-state index contributed by atoms with van der Waals surface area (Å²) in [4.78, 5) is 12.6. The fourth-order valence-electron chi connectivity index (χ4n) is 9.92. The fourth-order valence-corrected chi connectivity index (χ4v) is 10.6. The first-order valence-corrected chi connectivity index (χ1v) is 23.6. The lowest BCUT2D eigenvalue weighted by molar-refractivity contribution is 0.0881. The van der Waals surface area contributed by atoms with Crippen LogP contribution in [-0.2, 0) is 25.9 Å². The standard InChI is InChI=1S/C25H30Cl2N6.C22H27Cl2N3.C2H3N/c1-31-16-22(12-17-2-4-19(26)5-3-17)33(15-18-13-20(27)6-7-23(18)31)21-8-10-32(11-9-21)25-14-24(28)29-30-25;1-26-15-21(12-16-2-4-18(23)5-3-16)27(20-8-10-25-11-9-20)14-17-13-19(24)6-7-22(17)26;1-2-3/h2-7,13,21-22H,8-12,14-16H2,1H3,(H2,28,29);2-7,13,20-21,25H,8-12,14-15H2,1H3;1H3. The number of hydrogen-bond donors (Lipinski definition) is 2. The van der Waals surface area contributed by atoms with Gasteiger partial charge in [0.05, 0.1) is 12.5 Å². The molecule has 2 unspecified atom stereocenters. The summed E-state index contributed by atoms with van der Waals surface area (Å²) in [5.74, 6) is 1.62. The molecule has 5 aliphatic heterocycles. The number of halogens is 4. The minimum Gasteiger partial charge on any atom is -0.385 e. The second-order valence-electron chi connectivity index (χ2n) is 17.3. The summed E-state index contributed by atoms with van der Waals surface area (Å²) in [6, 6.07) is 32.9. The molecule has 2 atom stereocenters. The highest BCUT2D eigenvalue weighted by Gasteiger charge is 2.35. The number of fused-ring (bicyclic) bond motifs is 2. The van der Waals surface area contributed by atoms with Gasteiger partial charge in [0.25, 0.3) is 0 Å². The molecule has 0 spiro atoms. The Morgan fingerprint density at radius 1 is 0.651 bits per heavy atom. The van der Waals surface area contributed by atoms with E-state index in [1.165, 1.54) is 53.4 Å². The lowest BCUT2D eigenvalue weighted by Crippen LogP contribution is -2.52. The molecule has 5 heterocycles. The van der Waals surface area contributed by atoms with Gasteiger partial charge in [-0.3, -0.25) is 9.80 Å². The van der Waals surface area contributed by atoms with Gasteiger partial charge in [-0.15, -0.1) is 10.2 Å². The number of benzene rings is 4. The number of rotatable bonds is 6. The minimum atomic E-state index is 0.390. The van der Waals surface area contributed by atoms with Crippen LogP contribution in [0.5, 0.6) is 0 Å². The Balaban J connectivity index is 0.000000181. The number of nitriles is 1. The quantitative estimate of drug-likeness (QED) is 0.197. The second-order valence-corrected chi connectivity index (χ2v) is 19.1. The predicted octanol–water partition coefficient (Wildman–Crippen LogP) is 9.53. The van der Waals surface area contributed by atoms with Crippen LogP contribution in [0.1, 0.15) is 61.3 Å². The molecule has 2 saturated heterocycles. The van der Waals surface area contributed by atoms with E-state index in [4.69, 9.17) is 57.4 Å². The summed E-state index contributed by atoms with van der Waals surface area (Å²) < 4.78 is 0. The summed E-state index contributed by atoms with van der Waals surface area (Å²) in [5.41, 5.74) is 13.7. The molecule has 0 amide bonds. The Morgan fingerprint density at radius 2 is 1.08 bits per heavy atom. The van der Waals surface area contributed by atoms with Crippen LogP contribution in [0.2, 0.25) is 20.1 Å². The molecule has 0 saturated carbocycles. The van der Waals surface area contributed by atoms with Gasteiger partial charge in [0.1, 0.15) is 11.7 Å². The third kappa shape index (κ3) is 12.4. The van der Waals surface area contributed by atoms with Crippen molar-refractivity contribution >= 4 is 69.4 Å². The largest absolute Gasteiger partial charge is 0.385 e. The van der Waals surface area contributed by atoms with Crippen molar-refractivity contribution in [2.24, 2.45) is 15.9 Å². The topological polar surface area (TPSA) is 103 Å². The first-order valence-electron chi connectivity index (χ1n) is 22.1. The second kappa shape index (κ2) is 22.2. The summed E-state index contributed by atoms with van der Waals surface area (Å²) in [5, 5.41) is 22.3. The first-order chi connectivity index (χ1) is 30.5. The zero-order chi connectivity index (χ0) is 44.5. The van der Waals surface area contributed by atoms with Gasteiger partial charge < -0.3 is 25.8 Å². The third-order valence-electron chi connectivity index (χ3n) is 13.0. The van der Waals surface area contributed by atoms with Crippen molar-refractivity contribution in [2.45, 2.75) is 89.1 Å². The molecular weight excluding hydrogens is 870 g/mol. The highest BCUT2D eigenvalue weighted by Crippen LogP contribution is 2.35. The molecule has 0 aromatic heterocycles. The van der Waals surface area contributed by atoms with Crippen molar-refractivity contribution in [1.29, 1.82) is 5.26 Å². The highest BCUT2D eigenvalue weighted by atomic mass is 35.5. The number of anilines is 2. The molecule has 63 heavy (non-hydrogen) atoms. The van der Waals surface area contributed by atoms with Crippen molar-refractivity contribution in [3.8, 4) is 6.07 Å². The van der Waals surface area contributed by atoms with Crippen LogP contribution >= 0.6 is 46.4 Å². The lowest BCUT2D eigenvalue weighted by Gasteiger charge is -2.42. The Bertz CT molecular complexity index is 2230. The number of amidine groups is 2. The van der Waals surface area contributed by atoms with Crippen LogP contribution < -0.4 is 20.9 Å². The molecule has 0 aliphatic carbocycles. The van der Waals surface area contributed by atoms with Gasteiger partial charge in [-0.05, 0) is 135 Å². The molecule has 0 radical (unpaired) electrons. The van der Waals surface area contributed by atoms with Gasteiger partial charge in [0.2, 0.25) is 0 Å². The number of nitrogens with one attached hydrogen (secondary N) is 1. The molecule has 4 aromatic rings. The summed E-state index contributed by atoms with van der Waals surface area (Å²) in [6.07, 6.45) is 7.29. The van der Waals surface area contributed by atoms with E-state index in [-0.39, 0.29) is 0 Å². The van der Waals surface area contributed by atoms with E-state index in [0.29, 0.717) is 36.4 Å². The number of likely N-dealkylation sites (N-methyl/N-ethyl adjacent to an activating group) is 2. The Labute approximate surface area is 394 Å². The zero-order valence-electron chi connectivity index (χ0n) is 36.7. The molecule has 3 N–H and O–H groups in total. The van der Waals surface area contributed by atoms with Crippen molar-refractivity contribution < 1.29 is 0 Å². The van der Waals surface area contributed by atoms with Gasteiger partial charge >= 0.3 is 0 Å². The monoisotopic (exact) mass is 928 g/mol. The third-order valence-corrected chi connectivity index (χ3v) is 14.0. The van der Waals surface area contributed by atoms with E-state index in [1.807, 2.05) is 36.4 Å². The van der Waals surface area contributed by atoms with Crippen LogP contribution in [0.25, 0.3) is 0 Å². The number of nitrogens with zero attached hydrogens (tertiary/aromatic N) is 8. The molecule has 14 heteroatoms. The number of piperidine rings is 2. The maximum Gasteiger partial charge on any atom is 0.135 e. The molecule has 9 rings (SSSR count). The van der Waals surface area contributed by atoms with E-state index in [9.17, 15) is 0 Å². The molecule has 0 bridgehead atoms. The SMILES string of the molecule is CC#N.CN1CC(Cc2ccc(Cl)cc2)N(C2CCN(C3=NN=C(N)C3)CC2)Cc2cc(Cl)ccc21.CN1CC(Cc2ccc(Cl)cc2)N(C2CCNCC2)Cc2cc(Cl)ccc21. The Morgan fingerprint density at radius 3 is 1.51 bits per heavy atom. The van der Waals surface area contributed by atoms with Gasteiger partial charge in [-0.25, -0.2) is 0 Å². The van der Waals surface area contributed by atoms with Crippen LogP contribution in [0.15, 0.2) is 95.1 Å². The molecule has 4 aromatic carbocycles. The van der Waals surface area contributed by atoms with Gasteiger partial charge in [-0.2, -0.15) is 5.26 Å². The van der Waals surface area contributed by atoms with E-state index in [2.05, 4.69) is 103 Å². The first kappa shape index (κ1) is 46.9.